The van der Waals surface area contributed by atoms with E-state index in [0.717, 1.165) is 0 Å². The highest BCUT2D eigenvalue weighted by molar-refractivity contribution is 7.14. The summed E-state index contributed by atoms with van der Waals surface area (Å²) in [6.07, 6.45) is 0. The van der Waals surface area contributed by atoms with Crippen LogP contribution in [0.2, 0.25) is 0 Å². The molecule has 1 aromatic carbocycles. The molecule has 1 amide bonds. The third-order valence-electron chi connectivity index (χ3n) is 2.51. The second-order valence-electron chi connectivity index (χ2n) is 4.04. The molecular formula is C13H13N3O3S. The molecule has 0 unspecified atom stereocenters. The predicted molar refractivity (Wildman–Crippen MR) is 77.5 cm³/mol. The van der Waals surface area contributed by atoms with Gasteiger partial charge in [-0.2, -0.15) is 0 Å². The summed E-state index contributed by atoms with van der Waals surface area (Å²) < 4.78 is 5.05. The summed E-state index contributed by atoms with van der Waals surface area (Å²) in [5, 5.41) is 4.57. The average Bonchev–Trinajstić information content (AvgIpc) is 2.86. The number of amides is 1. The molecule has 3 N–H and O–H groups in total. The number of anilines is 2. The number of carbonyl (C=O) groups excluding carboxylic acids is 2. The molecule has 2 rings (SSSR count). The van der Waals surface area contributed by atoms with Crippen LogP contribution in [0.15, 0.2) is 23.6 Å². The first-order valence-corrected chi connectivity index (χ1v) is 6.60. The van der Waals surface area contributed by atoms with Crippen molar-refractivity contribution in [2.24, 2.45) is 0 Å². The van der Waals surface area contributed by atoms with E-state index in [1.165, 1.54) is 31.4 Å². The number of methoxy groups -OCH3 is 1. The van der Waals surface area contributed by atoms with Gasteiger partial charge in [0, 0.05) is 29.6 Å². The summed E-state index contributed by atoms with van der Waals surface area (Å²) in [6, 6.07) is 4.73. The highest BCUT2D eigenvalue weighted by atomic mass is 32.1. The highest BCUT2D eigenvalue weighted by Gasteiger charge is 2.12. The van der Waals surface area contributed by atoms with Gasteiger partial charge in [-0.25, -0.2) is 4.98 Å². The lowest BCUT2D eigenvalue weighted by atomic mass is 10.2. The summed E-state index contributed by atoms with van der Waals surface area (Å²) in [4.78, 5) is 27.2. The van der Waals surface area contributed by atoms with E-state index in [-0.39, 0.29) is 11.7 Å². The molecule has 7 heteroatoms. The zero-order chi connectivity index (χ0) is 14.7. The Morgan fingerprint density at radius 2 is 2.10 bits per heavy atom. The topological polar surface area (TPSA) is 94.3 Å². The summed E-state index contributed by atoms with van der Waals surface area (Å²) in [5.41, 5.74) is 6.81. The first kappa shape index (κ1) is 14.0. The maximum absolute atomic E-state index is 12.1. The molecule has 0 atom stereocenters. The second-order valence-corrected chi connectivity index (χ2v) is 4.90. The van der Waals surface area contributed by atoms with Gasteiger partial charge in [0.25, 0.3) is 5.91 Å². The van der Waals surface area contributed by atoms with Crippen molar-refractivity contribution in [2.75, 3.05) is 18.2 Å². The first-order valence-electron chi connectivity index (χ1n) is 5.72. The zero-order valence-electron chi connectivity index (χ0n) is 11.0. The van der Waals surface area contributed by atoms with Crippen LogP contribution in [0.4, 0.5) is 10.8 Å². The number of ketones is 1. The molecule has 6 nitrogen and oxygen atoms in total. The van der Waals surface area contributed by atoms with Crippen LogP contribution >= 0.6 is 11.3 Å². The van der Waals surface area contributed by atoms with Crippen LogP contribution < -0.4 is 15.8 Å². The van der Waals surface area contributed by atoms with Crippen LogP contribution in [-0.2, 0) is 0 Å². The van der Waals surface area contributed by atoms with Gasteiger partial charge >= 0.3 is 0 Å². The van der Waals surface area contributed by atoms with Crippen LogP contribution in [0, 0.1) is 0 Å². The van der Waals surface area contributed by atoms with Crippen molar-refractivity contribution in [2.45, 2.75) is 6.92 Å². The number of aromatic nitrogens is 1. The molecule has 0 saturated heterocycles. The van der Waals surface area contributed by atoms with E-state index in [1.807, 2.05) is 0 Å². The standard InChI is InChI=1S/C13H13N3O3S/c1-7(17)11-6-20-13(15-11)16-12(18)8-3-9(14)5-10(4-8)19-2/h3-6H,14H2,1-2H3,(H,15,16,18). The number of Topliss-reactive ketones (excluding diaryl/α,β-unsaturated/α-hetero) is 1. The maximum Gasteiger partial charge on any atom is 0.257 e. The van der Waals surface area contributed by atoms with Crippen LogP contribution in [0.1, 0.15) is 27.8 Å². The quantitative estimate of drug-likeness (QED) is 0.665. The molecule has 0 aliphatic heterocycles. The molecule has 1 heterocycles. The normalized spacial score (nSPS) is 10.1. The molecule has 0 spiro atoms. The maximum atomic E-state index is 12.1. The van der Waals surface area contributed by atoms with Gasteiger partial charge in [0.15, 0.2) is 10.9 Å². The predicted octanol–water partition coefficient (Wildman–Crippen LogP) is 2.19. The number of carbonyl (C=O) groups is 2. The lowest BCUT2D eigenvalue weighted by Gasteiger charge is -2.06. The number of nitrogens with one attached hydrogen (secondary N) is 1. The van der Waals surface area contributed by atoms with E-state index in [0.29, 0.717) is 27.8 Å². The molecule has 2 aromatic rings. The number of nitrogen functional groups attached to an aromatic ring is 1. The Hall–Kier alpha value is -2.41. The van der Waals surface area contributed by atoms with Crippen LogP contribution in [0.25, 0.3) is 0 Å². The summed E-state index contributed by atoms with van der Waals surface area (Å²) in [7, 11) is 1.50. The van der Waals surface area contributed by atoms with Gasteiger partial charge in [0.2, 0.25) is 0 Å². The minimum absolute atomic E-state index is 0.146. The molecule has 104 valence electrons. The minimum Gasteiger partial charge on any atom is -0.497 e. The van der Waals surface area contributed by atoms with Crippen molar-refractivity contribution in [3.05, 3.63) is 34.8 Å². The van der Waals surface area contributed by atoms with Crippen LogP contribution in [0.5, 0.6) is 5.75 Å². The Morgan fingerprint density at radius 1 is 1.35 bits per heavy atom. The van der Waals surface area contributed by atoms with Gasteiger partial charge in [-0.15, -0.1) is 11.3 Å². The molecule has 0 bridgehead atoms. The number of ether oxygens (including phenoxy) is 1. The smallest absolute Gasteiger partial charge is 0.257 e. The third-order valence-corrected chi connectivity index (χ3v) is 3.27. The molecule has 0 radical (unpaired) electrons. The number of hydrogen-bond acceptors (Lipinski definition) is 6. The Morgan fingerprint density at radius 3 is 2.70 bits per heavy atom. The van der Waals surface area contributed by atoms with Crippen molar-refractivity contribution >= 4 is 33.8 Å². The highest BCUT2D eigenvalue weighted by Crippen LogP contribution is 2.21. The second kappa shape index (κ2) is 5.70. The number of nitrogens with zero attached hydrogens (tertiary/aromatic N) is 1. The Kier molecular flexibility index (Phi) is 3.99. The molecule has 20 heavy (non-hydrogen) atoms. The average molecular weight is 291 g/mol. The van der Waals surface area contributed by atoms with Crippen molar-refractivity contribution in [3.8, 4) is 5.75 Å². The Bertz CT molecular complexity index is 667. The van der Waals surface area contributed by atoms with Crippen molar-refractivity contribution in [3.63, 3.8) is 0 Å². The summed E-state index contributed by atoms with van der Waals surface area (Å²) >= 11 is 1.19. The third kappa shape index (κ3) is 3.12. The first-order chi connectivity index (χ1) is 9.49. The lowest BCUT2D eigenvalue weighted by Crippen LogP contribution is -2.12. The fourth-order valence-electron chi connectivity index (χ4n) is 1.53. The van der Waals surface area contributed by atoms with E-state index in [2.05, 4.69) is 10.3 Å². The zero-order valence-corrected chi connectivity index (χ0v) is 11.8. The van der Waals surface area contributed by atoms with Gasteiger partial charge < -0.3 is 10.5 Å². The summed E-state index contributed by atoms with van der Waals surface area (Å²) in [6.45, 7) is 1.42. The van der Waals surface area contributed by atoms with E-state index in [9.17, 15) is 9.59 Å². The van der Waals surface area contributed by atoms with Gasteiger partial charge in [0.1, 0.15) is 11.4 Å². The van der Waals surface area contributed by atoms with Crippen molar-refractivity contribution in [1.82, 2.24) is 4.98 Å². The van der Waals surface area contributed by atoms with Crippen LogP contribution in [0.3, 0.4) is 0 Å². The van der Waals surface area contributed by atoms with Gasteiger partial charge in [-0.1, -0.05) is 0 Å². The monoisotopic (exact) mass is 291 g/mol. The molecule has 0 fully saturated rings. The fourth-order valence-corrected chi connectivity index (χ4v) is 2.28. The number of thiazole rings is 1. The largest absolute Gasteiger partial charge is 0.497 e. The van der Waals surface area contributed by atoms with Crippen molar-refractivity contribution in [1.29, 1.82) is 0 Å². The fraction of sp³-hybridized carbons (Fsp3) is 0.154. The number of benzene rings is 1. The lowest BCUT2D eigenvalue weighted by molar-refractivity contribution is 0.100. The Balaban J connectivity index is 2.18. The number of nitrogens with two attached hydrogens (primary N) is 1. The van der Waals surface area contributed by atoms with E-state index in [1.54, 1.807) is 17.5 Å². The molecule has 0 saturated carbocycles. The molecule has 1 aromatic heterocycles. The van der Waals surface area contributed by atoms with Gasteiger partial charge in [-0.3, -0.25) is 14.9 Å². The minimum atomic E-state index is -0.361. The van der Waals surface area contributed by atoms with E-state index in [4.69, 9.17) is 10.5 Å². The molecular weight excluding hydrogens is 278 g/mol. The summed E-state index contributed by atoms with van der Waals surface area (Å²) in [5.74, 6) is -0.00820. The SMILES string of the molecule is COc1cc(N)cc(C(=O)Nc2nc(C(C)=O)cs2)c1. The van der Waals surface area contributed by atoms with Gasteiger partial charge in [-0.05, 0) is 12.1 Å². The molecule has 0 aliphatic carbocycles. The van der Waals surface area contributed by atoms with Gasteiger partial charge in [0.05, 0.1) is 7.11 Å². The number of hydrogen-bond donors (Lipinski definition) is 2. The van der Waals surface area contributed by atoms with E-state index < -0.39 is 0 Å². The Labute approximate surface area is 119 Å². The number of rotatable bonds is 4. The molecule has 0 aliphatic rings. The van der Waals surface area contributed by atoms with E-state index >= 15 is 0 Å². The van der Waals surface area contributed by atoms with Crippen LogP contribution in [-0.4, -0.2) is 23.8 Å². The van der Waals surface area contributed by atoms with Crippen molar-refractivity contribution < 1.29 is 14.3 Å².